The Hall–Kier alpha value is -6.56. The maximum Gasteiger partial charge on any atom is 0.333 e. The van der Waals surface area contributed by atoms with Gasteiger partial charge in [0.25, 0.3) is 0 Å². The van der Waals surface area contributed by atoms with Gasteiger partial charge in [0.2, 0.25) is 0 Å². The fourth-order valence-corrected chi connectivity index (χ4v) is 16.6. The third-order valence-corrected chi connectivity index (χ3v) is 21.8. The number of benzene rings is 8. The lowest BCUT2D eigenvalue weighted by Crippen LogP contribution is -2.62. The molecule has 5 aliphatic rings. The number of hydrogen-bond donors (Lipinski definition) is 0. The molecule has 0 atom stereocenters. The van der Waals surface area contributed by atoms with Crippen molar-refractivity contribution in [1.82, 2.24) is 0 Å². The van der Waals surface area contributed by atoms with Crippen LogP contribution in [0, 0.1) is 13.8 Å². The van der Waals surface area contributed by atoms with Gasteiger partial charge in [0.1, 0.15) is 0 Å². The molecule has 5 heteroatoms. The zero-order valence-corrected chi connectivity index (χ0v) is 50.2. The van der Waals surface area contributed by atoms with Gasteiger partial charge in [-0.1, -0.05) is 162 Å². The normalized spacial score (nSPS) is 19.2. The number of fused-ring (bicyclic) bond motifs is 11. The molecule has 0 radical (unpaired) electrons. The molecule has 1 aromatic heterocycles. The Morgan fingerprint density at radius 1 is 0.430 bits per heavy atom. The van der Waals surface area contributed by atoms with E-state index < -0.39 is 0 Å². The molecular formula is C74H78BN3S. The number of nitrogens with zero attached hydrogens (tertiary/aromatic N) is 3. The minimum absolute atomic E-state index is 0.00362. The molecule has 0 saturated heterocycles. The summed E-state index contributed by atoms with van der Waals surface area (Å²) in [6.45, 7) is 34.3. The Kier molecular flexibility index (Phi) is 10.9. The van der Waals surface area contributed by atoms with Crippen molar-refractivity contribution in [3.63, 3.8) is 0 Å². The van der Waals surface area contributed by atoms with Crippen molar-refractivity contribution in [2.45, 2.75) is 168 Å². The maximum absolute atomic E-state index is 2.86. The van der Waals surface area contributed by atoms with Gasteiger partial charge in [-0.25, -0.2) is 0 Å². The van der Waals surface area contributed by atoms with E-state index in [2.05, 4.69) is 257 Å². The summed E-state index contributed by atoms with van der Waals surface area (Å²) in [6, 6.07) is 58.0. The van der Waals surface area contributed by atoms with Crippen molar-refractivity contribution in [3.8, 4) is 11.1 Å². The van der Waals surface area contributed by atoms with Gasteiger partial charge >= 0.3 is 6.85 Å². The molecule has 9 aromatic rings. The molecule has 14 rings (SSSR count). The molecule has 0 fully saturated rings. The molecule has 0 saturated carbocycles. The van der Waals surface area contributed by atoms with E-state index >= 15 is 0 Å². The van der Waals surface area contributed by atoms with Gasteiger partial charge in [-0.2, -0.15) is 0 Å². The van der Waals surface area contributed by atoms with Crippen LogP contribution >= 0.6 is 11.3 Å². The number of aryl methyl sites for hydroxylation is 2. The summed E-state index contributed by atoms with van der Waals surface area (Å²) in [5.74, 6) is 0. The Balaban J connectivity index is 1.18. The van der Waals surface area contributed by atoms with E-state index in [0.717, 1.165) is 31.4 Å². The second-order valence-corrected chi connectivity index (χ2v) is 29.7. The molecule has 0 bridgehead atoms. The van der Waals surface area contributed by atoms with Crippen LogP contribution in [0.2, 0.25) is 0 Å². The van der Waals surface area contributed by atoms with Crippen LogP contribution < -0.4 is 25.5 Å². The van der Waals surface area contributed by atoms with Crippen LogP contribution in [0.3, 0.4) is 0 Å². The fraction of sp³-hybridized carbons (Fsp3) is 0.351. The molecule has 0 N–H and O–H groups in total. The molecule has 0 unspecified atom stereocenters. The predicted molar refractivity (Wildman–Crippen MR) is 343 cm³/mol. The van der Waals surface area contributed by atoms with Crippen molar-refractivity contribution in [2.75, 3.05) is 14.6 Å². The van der Waals surface area contributed by atoms with Crippen LogP contribution in [0.4, 0.5) is 45.5 Å². The summed E-state index contributed by atoms with van der Waals surface area (Å²) in [5.41, 5.74) is 26.9. The molecule has 398 valence electrons. The van der Waals surface area contributed by atoms with Gasteiger partial charge in [-0.15, -0.1) is 11.3 Å². The standard InChI is InChI=1S/C74H78BN3S/c1-45-21-15-18-24-60(45)77(61-25-19-16-22-46(61)2)49-39-52-50-29-32-65-66(51-23-17-20-26-64(51)79-65)68(50)78(48-28-31-54-56(41-48)72(9,10)36-34-70(54,5)6)75-59-43-57-58(74(13,14)38-37-73(57,11)12)44-62(59)76(63(42-49)67(52)75)47-27-30-53-55(40-47)71(7,8)35-33-69(53,3)4/h15-32,39-44H,33-38H2,1-14H3. The third kappa shape index (κ3) is 7.49. The van der Waals surface area contributed by atoms with Gasteiger partial charge in [0.05, 0.1) is 0 Å². The third-order valence-electron chi connectivity index (χ3n) is 20.7. The highest BCUT2D eigenvalue weighted by molar-refractivity contribution is 7.26. The van der Waals surface area contributed by atoms with Crippen molar-refractivity contribution in [1.29, 1.82) is 0 Å². The zero-order valence-electron chi connectivity index (χ0n) is 49.4. The molecule has 0 spiro atoms. The highest BCUT2D eigenvalue weighted by Gasteiger charge is 2.50. The van der Waals surface area contributed by atoms with E-state index in [-0.39, 0.29) is 39.3 Å². The van der Waals surface area contributed by atoms with Crippen LogP contribution in [0.25, 0.3) is 31.3 Å². The van der Waals surface area contributed by atoms with E-state index in [9.17, 15) is 0 Å². The molecule has 8 aromatic carbocycles. The van der Waals surface area contributed by atoms with Gasteiger partial charge in [-0.3, -0.25) is 0 Å². The summed E-state index contributed by atoms with van der Waals surface area (Å²) < 4.78 is 2.66. The van der Waals surface area contributed by atoms with Crippen molar-refractivity contribution in [3.05, 3.63) is 190 Å². The molecule has 79 heavy (non-hydrogen) atoms. The quantitative estimate of drug-likeness (QED) is 0.159. The second-order valence-electron chi connectivity index (χ2n) is 28.6. The zero-order chi connectivity index (χ0) is 55.1. The summed E-state index contributed by atoms with van der Waals surface area (Å²) >= 11 is 1.94. The summed E-state index contributed by atoms with van der Waals surface area (Å²) in [4.78, 5) is 8.18. The molecular weight excluding hydrogens is 974 g/mol. The highest BCUT2D eigenvalue weighted by atomic mass is 32.1. The molecule has 3 aliphatic carbocycles. The van der Waals surface area contributed by atoms with E-state index in [1.54, 1.807) is 0 Å². The largest absolute Gasteiger partial charge is 0.376 e. The summed E-state index contributed by atoms with van der Waals surface area (Å²) in [6.07, 6.45) is 6.98. The van der Waals surface area contributed by atoms with E-state index in [1.165, 1.54) is 139 Å². The Labute approximate surface area is 475 Å². The first kappa shape index (κ1) is 50.6. The van der Waals surface area contributed by atoms with Crippen LogP contribution in [-0.2, 0) is 32.5 Å². The Morgan fingerprint density at radius 2 is 0.924 bits per heavy atom. The van der Waals surface area contributed by atoms with Crippen molar-refractivity contribution < 1.29 is 0 Å². The molecule has 3 nitrogen and oxygen atoms in total. The lowest BCUT2D eigenvalue weighted by atomic mass is 9.42. The highest BCUT2D eigenvalue weighted by Crippen LogP contribution is 2.58. The Bertz CT molecular complexity index is 4000. The van der Waals surface area contributed by atoms with Crippen LogP contribution in [0.15, 0.2) is 146 Å². The first-order valence-corrected chi connectivity index (χ1v) is 30.4. The average Bonchev–Trinajstić information content (AvgIpc) is 2.57. The predicted octanol–water partition coefficient (Wildman–Crippen LogP) is 19.9. The number of rotatable bonds is 5. The summed E-state index contributed by atoms with van der Waals surface area (Å²) in [7, 11) is 0. The van der Waals surface area contributed by atoms with Gasteiger partial charge in [0, 0.05) is 71.2 Å². The summed E-state index contributed by atoms with van der Waals surface area (Å²) in [5, 5.41) is 2.68. The first-order chi connectivity index (χ1) is 37.5. The second kappa shape index (κ2) is 17.0. The molecule has 2 aliphatic heterocycles. The van der Waals surface area contributed by atoms with E-state index in [4.69, 9.17) is 0 Å². The lowest BCUT2D eigenvalue weighted by Gasteiger charge is -2.49. The van der Waals surface area contributed by atoms with E-state index in [1.807, 2.05) is 11.3 Å². The van der Waals surface area contributed by atoms with Gasteiger partial charge in [0.15, 0.2) is 0 Å². The van der Waals surface area contributed by atoms with Crippen LogP contribution in [0.1, 0.15) is 166 Å². The van der Waals surface area contributed by atoms with Crippen molar-refractivity contribution in [2.24, 2.45) is 0 Å². The number of para-hydroxylation sites is 2. The lowest BCUT2D eigenvalue weighted by molar-refractivity contribution is 0.332. The number of hydrogen-bond acceptors (Lipinski definition) is 4. The Morgan fingerprint density at radius 3 is 1.51 bits per heavy atom. The average molecular weight is 1050 g/mol. The number of thiophene rings is 1. The maximum atomic E-state index is 2.86. The topological polar surface area (TPSA) is 9.72 Å². The minimum atomic E-state index is -0.149. The molecule has 0 amide bonds. The van der Waals surface area contributed by atoms with E-state index in [0.29, 0.717) is 0 Å². The van der Waals surface area contributed by atoms with Gasteiger partial charge in [-0.05, 0) is 213 Å². The smallest absolute Gasteiger partial charge is 0.333 e. The first-order valence-electron chi connectivity index (χ1n) is 29.6. The fourth-order valence-electron chi connectivity index (χ4n) is 15.5. The number of anilines is 8. The molecule has 3 heterocycles. The SMILES string of the molecule is Cc1ccccc1N(c1cc2c3c(c1)N(c1ccc4c(c1)C(C)(C)CCC4(C)C)c1cc4c(cc1B3N(c1ccc3c(c1)C(C)(C)CCC3(C)C)c1c-2ccc2sc3ccccc3c12)C(C)(C)CCC4(C)C)c1ccccc1C. The monoisotopic (exact) mass is 1050 g/mol. The van der Waals surface area contributed by atoms with Crippen LogP contribution in [-0.4, -0.2) is 6.85 Å². The minimum Gasteiger partial charge on any atom is -0.376 e. The van der Waals surface area contributed by atoms with Crippen molar-refractivity contribution >= 4 is 94.8 Å². The van der Waals surface area contributed by atoms with Gasteiger partial charge < -0.3 is 14.6 Å². The van der Waals surface area contributed by atoms with Crippen LogP contribution in [0.5, 0.6) is 0 Å².